The van der Waals surface area contributed by atoms with Gasteiger partial charge in [-0.25, -0.2) is 9.67 Å². The Kier molecular flexibility index (Phi) is 5.27. The van der Waals surface area contributed by atoms with Crippen molar-refractivity contribution in [2.24, 2.45) is 5.92 Å². The number of aromatic nitrogens is 5. The summed E-state index contributed by atoms with van der Waals surface area (Å²) in [6.07, 6.45) is 5.34. The summed E-state index contributed by atoms with van der Waals surface area (Å²) in [5, 5.41) is 7.15. The minimum atomic E-state index is 0.516. The summed E-state index contributed by atoms with van der Waals surface area (Å²) in [7, 11) is 1.69. The molecule has 0 aliphatic rings. The Morgan fingerprint density at radius 2 is 1.72 bits per heavy atom. The fraction of sp³-hybridized carbons (Fsp3) is 0.231. The fourth-order valence-electron chi connectivity index (χ4n) is 3.84. The summed E-state index contributed by atoms with van der Waals surface area (Å²) in [6, 6.07) is 18.5. The van der Waals surface area contributed by atoms with E-state index in [-0.39, 0.29) is 0 Å². The van der Waals surface area contributed by atoms with Crippen LogP contribution in [0.2, 0.25) is 0 Å². The number of ether oxygens (including phenoxy) is 1. The molecule has 3 aromatic carbocycles. The van der Waals surface area contributed by atoms with E-state index in [1.165, 1.54) is 0 Å². The molecular weight excluding hydrogens is 398 g/mol. The predicted octanol–water partition coefficient (Wildman–Crippen LogP) is 5.63. The van der Waals surface area contributed by atoms with E-state index in [4.69, 9.17) is 14.8 Å². The van der Waals surface area contributed by atoms with Gasteiger partial charge in [0.15, 0.2) is 11.6 Å². The first-order chi connectivity index (χ1) is 15.6. The lowest BCUT2D eigenvalue weighted by atomic mass is 10.0. The van der Waals surface area contributed by atoms with Gasteiger partial charge in [-0.05, 0) is 53.1 Å². The summed E-state index contributed by atoms with van der Waals surface area (Å²) in [5.74, 6) is 3.01. The van der Waals surface area contributed by atoms with E-state index < -0.39 is 0 Å². The Balaban J connectivity index is 1.66. The first-order valence-corrected chi connectivity index (χ1v) is 10.9. The second-order valence-corrected chi connectivity index (χ2v) is 8.14. The van der Waals surface area contributed by atoms with E-state index in [9.17, 15) is 0 Å². The monoisotopic (exact) mass is 423 g/mol. The van der Waals surface area contributed by atoms with E-state index in [1.54, 1.807) is 19.5 Å². The van der Waals surface area contributed by atoms with Crippen molar-refractivity contribution >= 4 is 21.8 Å². The molecule has 5 rings (SSSR count). The lowest BCUT2D eigenvalue weighted by molar-refractivity contribution is 0.415. The number of hydrogen-bond acceptors (Lipinski definition) is 5. The molecule has 0 radical (unpaired) electrons. The smallest absolute Gasteiger partial charge is 0.163 e. The average Bonchev–Trinajstić information content (AvgIpc) is 3.26. The van der Waals surface area contributed by atoms with Gasteiger partial charge in [-0.2, -0.15) is 5.10 Å². The third-order valence-electron chi connectivity index (χ3n) is 5.88. The van der Waals surface area contributed by atoms with E-state index in [0.717, 1.165) is 63.3 Å². The predicted molar refractivity (Wildman–Crippen MR) is 127 cm³/mol. The summed E-state index contributed by atoms with van der Waals surface area (Å²) >= 11 is 0. The molecule has 0 N–H and O–H groups in total. The Labute approximate surface area is 186 Å². The first kappa shape index (κ1) is 20.1. The molecule has 32 heavy (non-hydrogen) atoms. The molecule has 0 saturated carbocycles. The molecule has 0 fully saturated rings. The van der Waals surface area contributed by atoms with Crippen LogP contribution in [0.3, 0.4) is 0 Å². The van der Waals surface area contributed by atoms with Gasteiger partial charge >= 0.3 is 0 Å². The van der Waals surface area contributed by atoms with E-state index in [1.807, 2.05) is 35.0 Å². The van der Waals surface area contributed by atoms with Crippen molar-refractivity contribution in [3.8, 4) is 22.8 Å². The van der Waals surface area contributed by atoms with Gasteiger partial charge in [-0.1, -0.05) is 38.5 Å². The highest BCUT2D eigenvalue weighted by Crippen LogP contribution is 2.29. The quantitative estimate of drug-likeness (QED) is 0.354. The second kappa shape index (κ2) is 8.38. The van der Waals surface area contributed by atoms with Crippen molar-refractivity contribution < 1.29 is 4.74 Å². The highest BCUT2D eigenvalue weighted by Gasteiger charge is 2.16. The van der Waals surface area contributed by atoms with Crippen LogP contribution in [0.4, 0.5) is 0 Å². The van der Waals surface area contributed by atoms with Crippen molar-refractivity contribution in [1.29, 1.82) is 0 Å². The normalized spacial score (nSPS) is 12.3. The van der Waals surface area contributed by atoms with Gasteiger partial charge < -0.3 is 4.74 Å². The average molecular weight is 424 g/mol. The van der Waals surface area contributed by atoms with Gasteiger partial charge in [-0.15, -0.1) is 0 Å². The molecule has 0 saturated heterocycles. The third kappa shape index (κ3) is 3.80. The summed E-state index contributed by atoms with van der Waals surface area (Å²) < 4.78 is 7.34. The Bertz CT molecular complexity index is 1410. The van der Waals surface area contributed by atoms with Gasteiger partial charge in [-0.3, -0.25) is 9.97 Å². The molecular formula is C26H25N5O. The van der Waals surface area contributed by atoms with E-state index >= 15 is 0 Å². The van der Waals surface area contributed by atoms with Gasteiger partial charge in [0, 0.05) is 24.4 Å². The first-order valence-electron chi connectivity index (χ1n) is 10.9. The molecule has 0 spiro atoms. The van der Waals surface area contributed by atoms with E-state index in [0.29, 0.717) is 5.92 Å². The molecule has 160 valence electrons. The van der Waals surface area contributed by atoms with Crippen LogP contribution < -0.4 is 4.74 Å². The number of methoxy groups -OCH3 is 1. The van der Waals surface area contributed by atoms with Crippen LogP contribution in [0.1, 0.15) is 26.1 Å². The number of hydrogen-bond donors (Lipinski definition) is 0. The molecule has 5 aromatic rings. The molecule has 0 aliphatic carbocycles. The molecule has 6 heteroatoms. The van der Waals surface area contributed by atoms with Gasteiger partial charge in [0.1, 0.15) is 5.75 Å². The number of fused-ring (bicyclic) bond motifs is 2. The Morgan fingerprint density at radius 1 is 0.906 bits per heavy atom. The highest BCUT2D eigenvalue weighted by atomic mass is 16.5. The third-order valence-corrected chi connectivity index (χ3v) is 5.88. The van der Waals surface area contributed by atoms with Gasteiger partial charge in [0.25, 0.3) is 0 Å². The Morgan fingerprint density at radius 3 is 2.53 bits per heavy atom. The molecule has 2 aromatic heterocycles. The van der Waals surface area contributed by atoms with Crippen molar-refractivity contribution in [2.45, 2.75) is 26.7 Å². The maximum atomic E-state index is 5.42. The number of nitrogens with zero attached hydrogens (tertiary/aromatic N) is 5. The zero-order chi connectivity index (χ0) is 22.1. The lowest BCUT2D eigenvalue weighted by Gasteiger charge is -2.08. The van der Waals surface area contributed by atoms with Crippen LogP contribution in [-0.4, -0.2) is 31.8 Å². The van der Waals surface area contributed by atoms with Crippen LogP contribution >= 0.6 is 0 Å². The molecule has 2 heterocycles. The molecule has 6 nitrogen and oxygen atoms in total. The van der Waals surface area contributed by atoms with Crippen LogP contribution in [0.5, 0.6) is 5.75 Å². The molecule has 0 amide bonds. The Hall–Kier alpha value is -3.80. The maximum Gasteiger partial charge on any atom is 0.163 e. The molecule has 1 atom stereocenters. The summed E-state index contributed by atoms with van der Waals surface area (Å²) in [4.78, 5) is 13.8. The number of benzene rings is 3. The number of rotatable bonds is 6. The van der Waals surface area contributed by atoms with Gasteiger partial charge in [0.05, 0.1) is 23.8 Å². The maximum absolute atomic E-state index is 5.42. The zero-order valence-corrected chi connectivity index (χ0v) is 18.5. The van der Waals surface area contributed by atoms with Crippen LogP contribution in [0, 0.1) is 5.92 Å². The molecule has 0 aliphatic heterocycles. The fourth-order valence-corrected chi connectivity index (χ4v) is 3.84. The standard InChI is InChI=1S/C26H25N5O/c1-4-17(2)13-25-29-26(19-6-5-18-7-9-22(32-3)15-20(18)14-19)31(30-25)21-8-10-23-24(16-21)28-12-11-27-23/h5-12,14-17H,4,13H2,1-3H3. The molecule has 0 bridgehead atoms. The SMILES string of the molecule is CCC(C)Cc1nc(-c2ccc3ccc(OC)cc3c2)n(-c2ccc3nccnc3c2)n1. The van der Waals surface area contributed by atoms with Crippen LogP contribution in [0.15, 0.2) is 67.0 Å². The van der Waals surface area contributed by atoms with E-state index in [2.05, 4.69) is 48.1 Å². The van der Waals surface area contributed by atoms with Crippen molar-refractivity contribution in [3.63, 3.8) is 0 Å². The molecule has 1 unspecified atom stereocenters. The summed E-state index contributed by atoms with van der Waals surface area (Å²) in [6.45, 7) is 4.43. The van der Waals surface area contributed by atoms with Crippen LogP contribution in [-0.2, 0) is 6.42 Å². The van der Waals surface area contributed by atoms with Crippen molar-refractivity contribution in [3.05, 3.63) is 72.8 Å². The topological polar surface area (TPSA) is 65.7 Å². The van der Waals surface area contributed by atoms with Crippen molar-refractivity contribution in [2.75, 3.05) is 7.11 Å². The zero-order valence-electron chi connectivity index (χ0n) is 18.5. The minimum Gasteiger partial charge on any atom is -0.497 e. The summed E-state index contributed by atoms with van der Waals surface area (Å²) in [5.41, 5.74) is 3.61. The lowest BCUT2D eigenvalue weighted by Crippen LogP contribution is -2.02. The van der Waals surface area contributed by atoms with Crippen molar-refractivity contribution in [1.82, 2.24) is 24.7 Å². The largest absolute Gasteiger partial charge is 0.497 e. The second-order valence-electron chi connectivity index (χ2n) is 8.14. The van der Waals surface area contributed by atoms with Gasteiger partial charge in [0.2, 0.25) is 0 Å². The van der Waals surface area contributed by atoms with Crippen LogP contribution in [0.25, 0.3) is 38.9 Å². The highest BCUT2D eigenvalue weighted by molar-refractivity contribution is 5.88. The minimum absolute atomic E-state index is 0.516.